The van der Waals surface area contributed by atoms with Gasteiger partial charge in [0.25, 0.3) is 12.3 Å². The third kappa shape index (κ3) is 4.20. The summed E-state index contributed by atoms with van der Waals surface area (Å²) < 4.78 is 29.3. The summed E-state index contributed by atoms with van der Waals surface area (Å²) in [7, 11) is 0. The Morgan fingerprint density at radius 3 is 2.65 bits per heavy atom. The minimum Gasteiger partial charge on any atom is -0.365 e. The summed E-state index contributed by atoms with van der Waals surface area (Å²) in [6.07, 6.45) is -0.877. The van der Waals surface area contributed by atoms with Gasteiger partial charge in [-0.1, -0.05) is 0 Å². The van der Waals surface area contributed by atoms with Crippen LogP contribution in [0.5, 0.6) is 0 Å². The number of carbonyl (C=O) groups excluding carboxylic acids is 2. The smallest absolute Gasteiger partial charge is 0.280 e. The highest BCUT2D eigenvalue weighted by molar-refractivity contribution is 9.10. The molecule has 0 unspecified atom stereocenters. The van der Waals surface area contributed by atoms with E-state index in [0.717, 1.165) is 40.0 Å². The van der Waals surface area contributed by atoms with Crippen molar-refractivity contribution < 1.29 is 18.4 Å². The Morgan fingerprint density at radius 2 is 2.10 bits per heavy atom. The van der Waals surface area contributed by atoms with Crippen LogP contribution in [-0.2, 0) is 11.3 Å². The van der Waals surface area contributed by atoms with E-state index in [-0.39, 0.29) is 39.3 Å². The standard InChI is InChI=1S/C20H20BrF2N5O2S/c1-8-15(21)9(2)28(27-8)6-5-13(29)26-16-14-11(10-3-4-10)7-12(18(22)23)25-20(14)31-17(16)19(24)30/h7,10,18H,3-6H2,1-2H3,(H2,24,30)(H,26,29). The number of pyridine rings is 1. The lowest BCUT2D eigenvalue weighted by molar-refractivity contribution is -0.116. The van der Waals surface area contributed by atoms with Gasteiger partial charge < -0.3 is 11.1 Å². The number of hydrogen-bond donors (Lipinski definition) is 2. The minimum atomic E-state index is -2.72. The molecule has 0 aromatic carbocycles. The number of anilines is 1. The first kappa shape index (κ1) is 21.8. The topological polar surface area (TPSA) is 103 Å². The highest BCUT2D eigenvalue weighted by Crippen LogP contribution is 2.48. The second-order valence-corrected chi connectivity index (χ2v) is 9.36. The Hall–Kier alpha value is -2.40. The van der Waals surface area contributed by atoms with Crippen LogP contribution in [0.4, 0.5) is 14.5 Å². The third-order valence-corrected chi connectivity index (χ3v) is 7.53. The molecule has 1 aliphatic rings. The number of amides is 2. The normalized spacial score (nSPS) is 13.9. The van der Waals surface area contributed by atoms with Gasteiger partial charge in [-0.15, -0.1) is 11.3 Å². The number of nitrogens with one attached hydrogen (secondary N) is 1. The first-order valence-electron chi connectivity index (χ1n) is 9.72. The maximum Gasteiger partial charge on any atom is 0.280 e. The molecular weight excluding hydrogens is 492 g/mol. The fraction of sp³-hybridized carbons (Fsp3) is 0.400. The average Bonchev–Trinajstić information content (AvgIpc) is 3.46. The maximum absolute atomic E-state index is 13.3. The van der Waals surface area contributed by atoms with E-state index in [9.17, 15) is 18.4 Å². The van der Waals surface area contributed by atoms with E-state index in [1.165, 1.54) is 6.07 Å². The lowest BCUT2D eigenvalue weighted by atomic mass is 10.0. The molecule has 4 rings (SSSR count). The molecule has 0 atom stereocenters. The van der Waals surface area contributed by atoms with Gasteiger partial charge in [-0.05, 0) is 60.2 Å². The van der Waals surface area contributed by atoms with E-state index in [2.05, 4.69) is 31.3 Å². The van der Waals surface area contributed by atoms with Gasteiger partial charge in [0.2, 0.25) is 5.91 Å². The Labute approximate surface area is 189 Å². The molecule has 0 bridgehead atoms. The zero-order chi connectivity index (χ0) is 22.4. The largest absolute Gasteiger partial charge is 0.365 e. The predicted octanol–water partition coefficient (Wildman–Crippen LogP) is 4.81. The van der Waals surface area contributed by atoms with Crippen molar-refractivity contribution in [3.63, 3.8) is 0 Å². The molecule has 3 N–H and O–H groups in total. The molecule has 0 saturated heterocycles. The molecule has 1 aliphatic carbocycles. The summed E-state index contributed by atoms with van der Waals surface area (Å²) in [5.41, 5.74) is 7.87. The van der Waals surface area contributed by atoms with Gasteiger partial charge in [0.1, 0.15) is 15.4 Å². The molecule has 3 aromatic rings. The Bertz CT molecular complexity index is 1200. The number of primary amides is 1. The molecule has 2 amide bonds. The van der Waals surface area contributed by atoms with Gasteiger partial charge in [0.15, 0.2) is 0 Å². The van der Waals surface area contributed by atoms with Crippen molar-refractivity contribution in [2.24, 2.45) is 5.73 Å². The quantitative estimate of drug-likeness (QED) is 0.474. The number of nitrogens with zero attached hydrogens (tertiary/aromatic N) is 3. The highest BCUT2D eigenvalue weighted by Gasteiger charge is 2.31. The molecule has 0 aliphatic heterocycles. The van der Waals surface area contributed by atoms with Crippen molar-refractivity contribution in [1.82, 2.24) is 14.8 Å². The van der Waals surface area contributed by atoms with Gasteiger partial charge in [0.05, 0.1) is 22.4 Å². The van der Waals surface area contributed by atoms with Crippen LogP contribution in [-0.4, -0.2) is 26.6 Å². The van der Waals surface area contributed by atoms with Crippen molar-refractivity contribution in [3.05, 3.63) is 38.1 Å². The number of nitrogens with two attached hydrogens (primary N) is 1. The van der Waals surface area contributed by atoms with Gasteiger partial charge in [-0.2, -0.15) is 5.10 Å². The van der Waals surface area contributed by atoms with Crippen LogP contribution < -0.4 is 11.1 Å². The van der Waals surface area contributed by atoms with Gasteiger partial charge in [0, 0.05) is 17.5 Å². The van der Waals surface area contributed by atoms with E-state index in [1.807, 2.05) is 13.8 Å². The monoisotopic (exact) mass is 511 g/mol. The van der Waals surface area contributed by atoms with Gasteiger partial charge >= 0.3 is 0 Å². The van der Waals surface area contributed by atoms with Crippen LogP contribution in [0.15, 0.2) is 10.5 Å². The maximum atomic E-state index is 13.3. The zero-order valence-electron chi connectivity index (χ0n) is 16.8. The number of carbonyl (C=O) groups is 2. The summed E-state index contributed by atoms with van der Waals surface area (Å²) >= 11 is 4.39. The Balaban J connectivity index is 1.67. The van der Waals surface area contributed by atoms with Crippen molar-refractivity contribution in [2.75, 3.05) is 5.32 Å². The van der Waals surface area contributed by atoms with E-state index >= 15 is 0 Å². The number of thiophene rings is 1. The van der Waals surface area contributed by atoms with Crippen LogP contribution >= 0.6 is 27.3 Å². The Morgan fingerprint density at radius 1 is 1.39 bits per heavy atom. The van der Waals surface area contributed by atoms with Gasteiger partial charge in [-0.3, -0.25) is 14.3 Å². The molecular formula is C20H20BrF2N5O2S. The molecule has 1 saturated carbocycles. The second-order valence-electron chi connectivity index (χ2n) is 7.57. The van der Waals surface area contributed by atoms with Crippen molar-refractivity contribution in [1.29, 1.82) is 0 Å². The fourth-order valence-corrected chi connectivity index (χ4v) is 4.88. The average molecular weight is 512 g/mol. The number of halogens is 3. The van der Waals surface area contributed by atoms with E-state index in [0.29, 0.717) is 17.5 Å². The molecule has 0 radical (unpaired) electrons. The number of aromatic nitrogens is 3. The lowest BCUT2D eigenvalue weighted by Crippen LogP contribution is -2.18. The third-order valence-electron chi connectivity index (χ3n) is 5.29. The van der Waals surface area contributed by atoms with Crippen LogP contribution in [0.25, 0.3) is 10.2 Å². The Kier molecular flexibility index (Phi) is 5.82. The summed E-state index contributed by atoms with van der Waals surface area (Å²) in [5.74, 6) is -0.951. The van der Waals surface area contributed by atoms with Crippen LogP contribution in [0.3, 0.4) is 0 Å². The molecule has 164 valence electrons. The molecule has 11 heteroatoms. The van der Waals surface area contributed by atoms with E-state index in [4.69, 9.17) is 5.73 Å². The first-order chi connectivity index (χ1) is 14.7. The minimum absolute atomic E-state index is 0.109. The fourth-order valence-electron chi connectivity index (χ4n) is 3.57. The SMILES string of the molecule is Cc1nn(CCC(=O)Nc2c(C(N)=O)sc3nc(C(F)F)cc(C4CC4)c23)c(C)c1Br. The molecule has 1 fully saturated rings. The number of fused-ring (bicyclic) bond motifs is 1. The summed E-state index contributed by atoms with van der Waals surface area (Å²) in [4.78, 5) is 29.2. The zero-order valence-corrected chi connectivity index (χ0v) is 19.2. The summed E-state index contributed by atoms with van der Waals surface area (Å²) in [6, 6.07) is 1.38. The number of aryl methyl sites for hydroxylation is 2. The molecule has 3 heterocycles. The predicted molar refractivity (Wildman–Crippen MR) is 118 cm³/mol. The number of hydrogen-bond acceptors (Lipinski definition) is 5. The van der Waals surface area contributed by atoms with Crippen LogP contribution in [0, 0.1) is 13.8 Å². The second kappa shape index (κ2) is 8.27. The highest BCUT2D eigenvalue weighted by atomic mass is 79.9. The van der Waals surface area contributed by atoms with Crippen molar-refractivity contribution in [2.45, 2.75) is 52.0 Å². The van der Waals surface area contributed by atoms with E-state index < -0.39 is 12.3 Å². The molecule has 7 nitrogen and oxygen atoms in total. The molecule has 0 spiro atoms. The van der Waals surface area contributed by atoms with Crippen LogP contribution in [0.1, 0.15) is 63.9 Å². The first-order valence-corrected chi connectivity index (χ1v) is 11.3. The summed E-state index contributed by atoms with van der Waals surface area (Å²) in [6.45, 7) is 4.11. The van der Waals surface area contributed by atoms with Crippen LogP contribution in [0.2, 0.25) is 0 Å². The van der Waals surface area contributed by atoms with Crippen molar-refractivity contribution >= 4 is 55.0 Å². The van der Waals surface area contributed by atoms with Gasteiger partial charge in [-0.25, -0.2) is 13.8 Å². The van der Waals surface area contributed by atoms with E-state index in [1.54, 1.807) is 4.68 Å². The molecule has 31 heavy (non-hydrogen) atoms. The van der Waals surface area contributed by atoms with Crippen molar-refractivity contribution in [3.8, 4) is 0 Å². The lowest BCUT2D eigenvalue weighted by Gasteiger charge is -2.10. The number of rotatable bonds is 7. The number of alkyl halides is 2. The molecule has 3 aromatic heterocycles. The summed E-state index contributed by atoms with van der Waals surface area (Å²) in [5, 5.41) is 7.71.